The lowest BCUT2D eigenvalue weighted by Gasteiger charge is -2.18. The van der Waals surface area contributed by atoms with Gasteiger partial charge in [-0.25, -0.2) is 4.98 Å². The number of hydrogen-bond acceptors (Lipinski definition) is 5. The third-order valence-electron chi connectivity index (χ3n) is 5.73. The first-order valence-corrected chi connectivity index (χ1v) is 11.3. The van der Waals surface area contributed by atoms with Crippen LogP contribution in [0.25, 0.3) is 21.3 Å². The zero-order chi connectivity index (χ0) is 22.8. The Morgan fingerprint density at radius 2 is 1.97 bits per heavy atom. The second-order valence-corrected chi connectivity index (χ2v) is 8.56. The van der Waals surface area contributed by atoms with Crippen molar-refractivity contribution in [1.82, 2.24) is 9.55 Å². The van der Waals surface area contributed by atoms with Crippen molar-refractivity contribution in [3.8, 4) is 16.9 Å². The fraction of sp³-hybridized carbons (Fsp3) is 0.240. The number of ether oxygens (including phenoxy) is 1. The molecule has 0 fully saturated rings. The highest BCUT2D eigenvalue weighted by Crippen LogP contribution is 2.32. The number of aromatic nitrogens is 2. The summed E-state index contributed by atoms with van der Waals surface area (Å²) in [6.45, 7) is 5.99. The quantitative estimate of drug-likeness (QED) is 0.433. The van der Waals surface area contributed by atoms with Gasteiger partial charge in [-0.3, -0.25) is 14.2 Å². The second-order valence-electron chi connectivity index (χ2n) is 7.70. The summed E-state index contributed by atoms with van der Waals surface area (Å²) in [6.07, 6.45) is 1.92. The molecule has 0 radical (unpaired) electrons. The topological polar surface area (TPSA) is 73.2 Å². The normalized spacial score (nSPS) is 12.0. The molecule has 0 aliphatic heterocycles. The van der Waals surface area contributed by atoms with E-state index in [4.69, 9.17) is 4.74 Å². The van der Waals surface area contributed by atoms with E-state index in [1.807, 2.05) is 30.5 Å². The maximum Gasteiger partial charge on any atom is 0.263 e. The molecular weight excluding hydrogens is 422 g/mol. The molecule has 6 nitrogen and oxygen atoms in total. The zero-order valence-corrected chi connectivity index (χ0v) is 19.3. The highest BCUT2D eigenvalue weighted by Gasteiger charge is 2.23. The van der Waals surface area contributed by atoms with Crippen molar-refractivity contribution in [2.45, 2.75) is 33.2 Å². The van der Waals surface area contributed by atoms with Gasteiger partial charge in [-0.2, -0.15) is 0 Å². The lowest BCUT2D eigenvalue weighted by molar-refractivity contribution is -0.119. The Morgan fingerprint density at radius 3 is 2.69 bits per heavy atom. The zero-order valence-electron chi connectivity index (χ0n) is 18.5. The number of carbonyl (C=O) groups is 1. The molecule has 1 unspecified atom stereocenters. The minimum Gasteiger partial charge on any atom is -0.495 e. The van der Waals surface area contributed by atoms with Crippen molar-refractivity contribution < 1.29 is 9.53 Å². The summed E-state index contributed by atoms with van der Waals surface area (Å²) in [5, 5.41) is 5.40. The number of rotatable bonds is 6. The molecule has 0 aliphatic rings. The van der Waals surface area contributed by atoms with E-state index in [1.165, 1.54) is 27.8 Å². The smallest absolute Gasteiger partial charge is 0.263 e. The lowest BCUT2D eigenvalue weighted by Crippen LogP contribution is -2.33. The van der Waals surface area contributed by atoms with Gasteiger partial charge in [0.05, 0.1) is 24.5 Å². The van der Waals surface area contributed by atoms with Gasteiger partial charge in [-0.15, -0.1) is 11.3 Å². The average molecular weight is 448 g/mol. The van der Waals surface area contributed by atoms with Crippen molar-refractivity contribution in [1.29, 1.82) is 0 Å². The minimum atomic E-state index is -0.697. The summed E-state index contributed by atoms with van der Waals surface area (Å²) in [6, 6.07) is 12.7. The van der Waals surface area contributed by atoms with E-state index in [1.54, 1.807) is 19.2 Å². The van der Waals surface area contributed by atoms with E-state index in [2.05, 4.69) is 36.3 Å². The number of para-hydroxylation sites is 2. The fourth-order valence-electron chi connectivity index (χ4n) is 3.76. The molecule has 0 aliphatic carbocycles. The molecule has 0 saturated heterocycles. The Kier molecular flexibility index (Phi) is 6.10. The number of amides is 1. The number of thiophene rings is 1. The molecule has 4 rings (SSSR count). The van der Waals surface area contributed by atoms with Crippen LogP contribution in [0.1, 0.15) is 30.5 Å². The van der Waals surface area contributed by atoms with E-state index >= 15 is 0 Å². The monoisotopic (exact) mass is 447 g/mol. The SMILES string of the molecule is CCC(C(=O)Nc1ccccc1OC)n1cnc2scc(-c3ccc(C)c(C)c3)c2c1=O. The Labute approximate surface area is 190 Å². The first kappa shape index (κ1) is 21.8. The van der Waals surface area contributed by atoms with Crippen LogP contribution in [0.3, 0.4) is 0 Å². The number of benzene rings is 2. The summed E-state index contributed by atoms with van der Waals surface area (Å²) >= 11 is 1.44. The number of methoxy groups -OCH3 is 1. The molecule has 1 amide bonds. The number of carbonyl (C=O) groups excluding carboxylic acids is 1. The van der Waals surface area contributed by atoms with Crippen LogP contribution < -0.4 is 15.6 Å². The number of anilines is 1. The molecule has 1 atom stereocenters. The van der Waals surface area contributed by atoms with Gasteiger partial charge in [0.1, 0.15) is 16.6 Å². The Balaban J connectivity index is 1.76. The van der Waals surface area contributed by atoms with Crippen LogP contribution in [0.4, 0.5) is 5.69 Å². The molecule has 2 heterocycles. The Hall–Kier alpha value is -3.45. The van der Waals surface area contributed by atoms with Crippen LogP contribution in [-0.4, -0.2) is 22.6 Å². The lowest BCUT2D eigenvalue weighted by atomic mass is 10.0. The third kappa shape index (κ3) is 3.91. The van der Waals surface area contributed by atoms with Gasteiger partial charge in [0.2, 0.25) is 5.91 Å². The molecule has 32 heavy (non-hydrogen) atoms. The molecule has 4 aromatic rings. The van der Waals surface area contributed by atoms with E-state index in [0.29, 0.717) is 28.1 Å². The van der Waals surface area contributed by atoms with Gasteiger partial charge < -0.3 is 10.1 Å². The molecular formula is C25H25N3O3S. The predicted octanol–water partition coefficient (Wildman–Crippen LogP) is 5.34. The van der Waals surface area contributed by atoms with Gasteiger partial charge >= 0.3 is 0 Å². The van der Waals surface area contributed by atoms with Crippen molar-refractivity contribution in [2.75, 3.05) is 12.4 Å². The van der Waals surface area contributed by atoms with Crippen LogP contribution in [0.2, 0.25) is 0 Å². The maximum absolute atomic E-state index is 13.5. The van der Waals surface area contributed by atoms with Crippen molar-refractivity contribution >= 4 is 33.1 Å². The molecule has 2 aromatic heterocycles. The van der Waals surface area contributed by atoms with Crippen LogP contribution in [0.15, 0.2) is 59.0 Å². The summed E-state index contributed by atoms with van der Waals surface area (Å²) in [5.41, 5.74) is 4.53. The van der Waals surface area contributed by atoms with E-state index < -0.39 is 6.04 Å². The van der Waals surface area contributed by atoms with E-state index in [0.717, 1.165) is 16.7 Å². The third-order valence-corrected chi connectivity index (χ3v) is 6.61. The van der Waals surface area contributed by atoms with E-state index in [9.17, 15) is 9.59 Å². The van der Waals surface area contributed by atoms with Gasteiger partial charge in [0, 0.05) is 10.9 Å². The number of fused-ring (bicyclic) bond motifs is 1. The van der Waals surface area contributed by atoms with Crippen LogP contribution in [0, 0.1) is 13.8 Å². The highest BCUT2D eigenvalue weighted by molar-refractivity contribution is 7.17. The molecule has 0 saturated carbocycles. The number of aryl methyl sites for hydroxylation is 2. The summed E-state index contributed by atoms with van der Waals surface area (Å²) in [4.78, 5) is 31.8. The van der Waals surface area contributed by atoms with Crippen molar-refractivity contribution in [3.05, 3.63) is 75.7 Å². The number of nitrogens with one attached hydrogen (secondary N) is 1. The fourth-order valence-corrected chi connectivity index (χ4v) is 4.67. The summed E-state index contributed by atoms with van der Waals surface area (Å²) in [7, 11) is 1.55. The van der Waals surface area contributed by atoms with Crippen LogP contribution in [-0.2, 0) is 4.79 Å². The van der Waals surface area contributed by atoms with Gasteiger partial charge in [0.15, 0.2) is 0 Å². The molecule has 2 aromatic carbocycles. The van der Waals surface area contributed by atoms with Crippen molar-refractivity contribution in [2.24, 2.45) is 0 Å². The van der Waals surface area contributed by atoms with Gasteiger partial charge in [0.25, 0.3) is 5.56 Å². The van der Waals surface area contributed by atoms with Crippen LogP contribution in [0.5, 0.6) is 5.75 Å². The largest absolute Gasteiger partial charge is 0.495 e. The highest BCUT2D eigenvalue weighted by atomic mass is 32.1. The number of hydrogen-bond donors (Lipinski definition) is 1. The molecule has 1 N–H and O–H groups in total. The van der Waals surface area contributed by atoms with Crippen LogP contribution >= 0.6 is 11.3 Å². The number of nitrogens with zero attached hydrogens (tertiary/aromatic N) is 2. The molecule has 0 bridgehead atoms. The second kappa shape index (κ2) is 8.96. The predicted molar refractivity (Wildman–Crippen MR) is 130 cm³/mol. The Bertz CT molecular complexity index is 1360. The average Bonchev–Trinajstić information content (AvgIpc) is 3.23. The minimum absolute atomic E-state index is 0.216. The van der Waals surface area contributed by atoms with Gasteiger partial charge in [-0.05, 0) is 49.1 Å². The molecule has 0 spiro atoms. The summed E-state index contributed by atoms with van der Waals surface area (Å²) < 4.78 is 6.76. The Morgan fingerprint density at radius 1 is 1.19 bits per heavy atom. The van der Waals surface area contributed by atoms with Crippen molar-refractivity contribution in [3.63, 3.8) is 0 Å². The molecule has 7 heteroatoms. The maximum atomic E-state index is 13.5. The van der Waals surface area contributed by atoms with Gasteiger partial charge in [-0.1, -0.05) is 37.3 Å². The standard InChI is InChI=1S/C25H25N3O3S/c1-5-20(23(29)27-19-8-6-7-9-21(19)31-4)28-14-26-24-22(25(28)30)18(13-32-24)17-11-10-15(2)16(3)12-17/h6-14,20H,5H2,1-4H3,(H,27,29). The summed E-state index contributed by atoms with van der Waals surface area (Å²) in [5.74, 6) is 0.273. The van der Waals surface area contributed by atoms with E-state index in [-0.39, 0.29) is 11.5 Å². The first-order chi connectivity index (χ1) is 15.4. The first-order valence-electron chi connectivity index (χ1n) is 10.4. The molecule has 164 valence electrons.